The Bertz CT molecular complexity index is 184. The van der Waals surface area contributed by atoms with Crippen LogP contribution in [-0.2, 0) is 9.53 Å². The summed E-state index contributed by atoms with van der Waals surface area (Å²) in [6, 6.07) is 0.238. The van der Waals surface area contributed by atoms with Gasteiger partial charge in [0.1, 0.15) is 0 Å². The number of amides is 1. The first-order valence-electron chi connectivity index (χ1n) is 6.14. The second-order valence-corrected chi connectivity index (χ2v) is 4.48. The molecule has 0 aromatic rings. The summed E-state index contributed by atoms with van der Waals surface area (Å²) in [6.07, 6.45) is 0.526. The largest absolute Gasteiger partial charge is 0.379 e. The standard InChI is InChI=1S/C12H26N2O2/c1-5-13-11(4)8-12(15)14-6-7-16-9-10(2)3/h10-11,13H,5-9H2,1-4H3,(H,14,15). The van der Waals surface area contributed by atoms with Crippen LogP contribution >= 0.6 is 0 Å². The molecule has 0 aromatic carbocycles. The number of ether oxygens (including phenoxy) is 1. The molecular weight excluding hydrogens is 204 g/mol. The quantitative estimate of drug-likeness (QED) is 0.584. The van der Waals surface area contributed by atoms with Gasteiger partial charge in [-0.2, -0.15) is 0 Å². The zero-order valence-corrected chi connectivity index (χ0v) is 11.0. The molecule has 0 saturated heterocycles. The third-order valence-corrected chi connectivity index (χ3v) is 2.06. The Morgan fingerprint density at radius 1 is 1.31 bits per heavy atom. The van der Waals surface area contributed by atoms with Gasteiger partial charge in [0.05, 0.1) is 6.61 Å². The second kappa shape index (κ2) is 9.60. The molecule has 0 heterocycles. The van der Waals surface area contributed by atoms with E-state index in [2.05, 4.69) is 24.5 Å². The van der Waals surface area contributed by atoms with Crippen LogP contribution in [0.1, 0.15) is 34.1 Å². The minimum Gasteiger partial charge on any atom is -0.379 e. The molecule has 0 radical (unpaired) electrons. The fourth-order valence-electron chi connectivity index (χ4n) is 1.35. The van der Waals surface area contributed by atoms with Gasteiger partial charge in [0, 0.05) is 25.6 Å². The summed E-state index contributed by atoms with van der Waals surface area (Å²) < 4.78 is 5.37. The Hall–Kier alpha value is -0.610. The summed E-state index contributed by atoms with van der Waals surface area (Å²) >= 11 is 0. The molecule has 0 aliphatic rings. The highest BCUT2D eigenvalue weighted by molar-refractivity contribution is 5.76. The zero-order valence-electron chi connectivity index (χ0n) is 11.0. The van der Waals surface area contributed by atoms with E-state index in [4.69, 9.17) is 4.74 Å². The molecular formula is C12H26N2O2. The Labute approximate surface area is 99.1 Å². The van der Waals surface area contributed by atoms with Gasteiger partial charge in [-0.3, -0.25) is 4.79 Å². The van der Waals surface area contributed by atoms with E-state index in [1.165, 1.54) is 0 Å². The van der Waals surface area contributed by atoms with Gasteiger partial charge in [0.2, 0.25) is 5.91 Å². The molecule has 0 spiro atoms. The molecule has 0 saturated carbocycles. The van der Waals surface area contributed by atoms with Crippen LogP contribution in [0, 0.1) is 5.92 Å². The maximum absolute atomic E-state index is 11.4. The van der Waals surface area contributed by atoms with Crippen LogP contribution in [0.5, 0.6) is 0 Å². The number of nitrogens with one attached hydrogen (secondary N) is 2. The molecule has 96 valence electrons. The summed E-state index contributed by atoms with van der Waals surface area (Å²) in [6.45, 7) is 11.1. The van der Waals surface area contributed by atoms with Crippen molar-refractivity contribution >= 4 is 5.91 Å². The van der Waals surface area contributed by atoms with Crippen LogP contribution in [0.3, 0.4) is 0 Å². The molecule has 0 aliphatic heterocycles. The van der Waals surface area contributed by atoms with Crippen LogP contribution in [0.15, 0.2) is 0 Å². The van der Waals surface area contributed by atoms with Gasteiger partial charge in [-0.25, -0.2) is 0 Å². The van der Waals surface area contributed by atoms with E-state index in [1.54, 1.807) is 0 Å². The topological polar surface area (TPSA) is 50.4 Å². The predicted octanol–water partition coefficient (Wildman–Crippen LogP) is 1.16. The van der Waals surface area contributed by atoms with Crippen LogP contribution in [0.4, 0.5) is 0 Å². The van der Waals surface area contributed by atoms with Crippen molar-refractivity contribution < 1.29 is 9.53 Å². The van der Waals surface area contributed by atoms with Crippen LogP contribution in [-0.4, -0.2) is 38.3 Å². The molecule has 16 heavy (non-hydrogen) atoms. The summed E-state index contributed by atoms with van der Waals surface area (Å²) in [7, 11) is 0. The summed E-state index contributed by atoms with van der Waals surface area (Å²) in [5, 5.41) is 6.04. The van der Waals surface area contributed by atoms with Gasteiger partial charge in [-0.15, -0.1) is 0 Å². The molecule has 1 atom stereocenters. The van der Waals surface area contributed by atoms with E-state index in [-0.39, 0.29) is 11.9 Å². The van der Waals surface area contributed by atoms with Crippen molar-refractivity contribution in [3.63, 3.8) is 0 Å². The first-order valence-corrected chi connectivity index (χ1v) is 6.14. The molecule has 4 nitrogen and oxygen atoms in total. The van der Waals surface area contributed by atoms with Gasteiger partial charge in [-0.05, 0) is 19.4 Å². The molecule has 4 heteroatoms. The lowest BCUT2D eigenvalue weighted by Gasteiger charge is -2.12. The Balaban J connectivity index is 3.36. The molecule has 1 unspecified atom stereocenters. The molecule has 2 N–H and O–H groups in total. The minimum atomic E-state index is 0.0848. The lowest BCUT2D eigenvalue weighted by molar-refractivity contribution is -0.121. The fourth-order valence-corrected chi connectivity index (χ4v) is 1.35. The molecule has 0 rings (SSSR count). The van der Waals surface area contributed by atoms with E-state index < -0.39 is 0 Å². The molecule has 0 bridgehead atoms. The average molecular weight is 230 g/mol. The lowest BCUT2D eigenvalue weighted by Crippen LogP contribution is -2.35. The highest BCUT2D eigenvalue weighted by Gasteiger charge is 2.06. The zero-order chi connectivity index (χ0) is 12.4. The Morgan fingerprint density at radius 3 is 2.56 bits per heavy atom. The smallest absolute Gasteiger partial charge is 0.221 e. The van der Waals surface area contributed by atoms with Gasteiger partial charge >= 0.3 is 0 Å². The van der Waals surface area contributed by atoms with Crippen LogP contribution in [0.25, 0.3) is 0 Å². The Kier molecular flexibility index (Phi) is 9.24. The normalized spacial score (nSPS) is 12.8. The van der Waals surface area contributed by atoms with Crippen molar-refractivity contribution in [2.75, 3.05) is 26.3 Å². The first kappa shape index (κ1) is 15.4. The fraction of sp³-hybridized carbons (Fsp3) is 0.917. The SMILES string of the molecule is CCNC(C)CC(=O)NCCOCC(C)C. The van der Waals surface area contributed by atoms with Crippen LogP contribution < -0.4 is 10.6 Å². The summed E-state index contributed by atoms with van der Waals surface area (Å²) in [5.74, 6) is 0.631. The molecule has 1 amide bonds. The second-order valence-electron chi connectivity index (χ2n) is 4.48. The van der Waals surface area contributed by atoms with Gasteiger partial charge < -0.3 is 15.4 Å². The minimum absolute atomic E-state index is 0.0848. The third-order valence-electron chi connectivity index (χ3n) is 2.06. The highest BCUT2D eigenvalue weighted by atomic mass is 16.5. The van der Waals surface area contributed by atoms with E-state index in [0.29, 0.717) is 25.5 Å². The number of carbonyl (C=O) groups is 1. The van der Waals surface area contributed by atoms with E-state index in [9.17, 15) is 4.79 Å². The predicted molar refractivity (Wildman–Crippen MR) is 66.4 cm³/mol. The first-order chi connectivity index (χ1) is 7.56. The van der Waals surface area contributed by atoms with Crippen molar-refractivity contribution in [3.05, 3.63) is 0 Å². The summed E-state index contributed by atoms with van der Waals surface area (Å²) in [4.78, 5) is 11.4. The molecule has 0 fully saturated rings. The maximum atomic E-state index is 11.4. The molecule has 0 aromatic heterocycles. The average Bonchev–Trinajstić information content (AvgIpc) is 2.16. The number of hydrogen-bond donors (Lipinski definition) is 2. The molecule has 0 aliphatic carbocycles. The maximum Gasteiger partial charge on any atom is 0.221 e. The monoisotopic (exact) mass is 230 g/mol. The van der Waals surface area contributed by atoms with Gasteiger partial charge in [0.25, 0.3) is 0 Å². The van der Waals surface area contributed by atoms with Crippen molar-refractivity contribution in [2.45, 2.75) is 40.2 Å². The van der Waals surface area contributed by atoms with E-state index in [1.807, 2.05) is 13.8 Å². The highest BCUT2D eigenvalue weighted by Crippen LogP contribution is 1.92. The van der Waals surface area contributed by atoms with Crippen molar-refractivity contribution in [1.29, 1.82) is 0 Å². The summed E-state index contributed by atoms with van der Waals surface area (Å²) in [5.41, 5.74) is 0. The van der Waals surface area contributed by atoms with Crippen LogP contribution in [0.2, 0.25) is 0 Å². The lowest BCUT2D eigenvalue weighted by atomic mass is 10.2. The Morgan fingerprint density at radius 2 is 2.00 bits per heavy atom. The van der Waals surface area contributed by atoms with Crippen molar-refractivity contribution in [3.8, 4) is 0 Å². The van der Waals surface area contributed by atoms with E-state index >= 15 is 0 Å². The third kappa shape index (κ3) is 9.93. The number of rotatable bonds is 9. The number of carbonyl (C=O) groups excluding carboxylic acids is 1. The van der Waals surface area contributed by atoms with Crippen molar-refractivity contribution in [2.24, 2.45) is 5.92 Å². The van der Waals surface area contributed by atoms with Gasteiger partial charge in [-0.1, -0.05) is 20.8 Å². The van der Waals surface area contributed by atoms with Gasteiger partial charge in [0.15, 0.2) is 0 Å². The van der Waals surface area contributed by atoms with E-state index in [0.717, 1.165) is 13.2 Å². The number of hydrogen-bond acceptors (Lipinski definition) is 3. The van der Waals surface area contributed by atoms with Crippen molar-refractivity contribution in [1.82, 2.24) is 10.6 Å².